The molecule has 0 spiro atoms. The smallest absolute Gasteiger partial charge is 0.238 e. The average Bonchev–Trinajstić information content (AvgIpc) is 2.47. The number of primary sulfonamides is 1. The van der Waals surface area contributed by atoms with Crippen LogP contribution in [0.4, 0.5) is 5.69 Å². The summed E-state index contributed by atoms with van der Waals surface area (Å²) in [5, 5.41) is 8.22. The van der Waals surface area contributed by atoms with Crippen molar-refractivity contribution in [3.63, 3.8) is 0 Å². The Hall–Kier alpha value is -1.07. The molecule has 0 radical (unpaired) electrons. The van der Waals surface area contributed by atoms with Gasteiger partial charge in [0.2, 0.25) is 10.0 Å². The molecule has 0 fully saturated rings. The van der Waals surface area contributed by atoms with Crippen LogP contribution in [0.3, 0.4) is 0 Å². The summed E-state index contributed by atoms with van der Waals surface area (Å²) in [7, 11) is -3.60. The van der Waals surface area contributed by atoms with Gasteiger partial charge >= 0.3 is 0 Å². The van der Waals surface area contributed by atoms with Gasteiger partial charge in [-0.15, -0.1) is 0 Å². The Kier molecular flexibility index (Phi) is 2.01. The predicted octanol–water partition coefficient (Wildman–Crippen LogP) is 0.610. The van der Waals surface area contributed by atoms with Crippen molar-refractivity contribution in [3.8, 4) is 0 Å². The van der Waals surface area contributed by atoms with Gasteiger partial charge in [0.05, 0.1) is 4.90 Å². The first kappa shape index (κ1) is 9.48. The maximum absolute atomic E-state index is 11.2. The second kappa shape index (κ2) is 2.96. The van der Waals surface area contributed by atoms with Gasteiger partial charge in [-0.25, -0.2) is 13.6 Å². The molecular formula is C9H12N2O2S. The van der Waals surface area contributed by atoms with Crippen molar-refractivity contribution >= 4 is 15.7 Å². The van der Waals surface area contributed by atoms with Gasteiger partial charge in [-0.1, -0.05) is 6.07 Å². The van der Waals surface area contributed by atoms with E-state index in [1.165, 1.54) is 0 Å². The molecule has 1 heterocycles. The highest BCUT2D eigenvalue weighted by Gasteiger charge is 2.17. The van der Waals surface area contributed by atoms with Crippen molar-refractivity contribution in [1.82, 2.24) is 0 Å². The number of sulfonamides is 1. The van der Waals surface area contributed by atoms with Crippen LogP contribution in [0.2, 0.25) is 0 Å². The molecule has 0 saturated heterocycles. The summed E-state index contributed by atoms with van der Waals surface area (Å²) in [4.78, 5) is 0.214. The highest BCUT2D eigenvalue weighted by Crippen LogP contribution is 2.27. The van der Waals surface area contributed by atoms with Gasteiger partial charge in [-0.2, -0.15) is 0 Å². The second-order valence-corrected chi connectivity index (χ2v) is 5.03. The van der Waals surface area contributed by atoms with E-state index in [9.17, 15) is 8.42 Å². The zero-order chi connectivity index (χ0) is 10.3. The van der Waals surface area contributed by atoms with E-state index in [0.717, 1.165) is 29.8 Å². The van der Waals surface area contributed by atoms with E-state index < -0.39 is 10.0 Å². The van der Waals surface area contributed by atoms with Crippen LogP contribution >= 0.6 is 0 Å². The summed E-state index contributed by atoms with van der Waals surface area (Å²) < 4.78 is 22.4. The third-order valence-corrected chi connectivity index (χ3v) is 3.47. The third-order valence-electron chi connectivity index (χ3n) is 2.42. The van der Waals surface area contributed by atoms with Gasteiger partial charge in [0.1, 0.15) is 0 Å². The summed E-state index contributed by atoms with van der Waals surface area (Å²) in [6.07, 6.45) is 0.946. The molecule has 0 bridgehead atoms. The fourth-order valence-electron chi connectivity index (χ4n) is 1.76. The first-order valence-corrected chi connectivity index (χ1v) is 5.93. The Balaban J connectivity index is 2.65. The number of hydrogen-bond acceptors (Lipinski definition) is 3. The first-order chi connectivity index (χ1) is 6.48. The van der Waals surface area contributed by atoms with Crippen LogP contribution in [0.1, 0.15) is 11.1 Å². The van der Waals surface area contributed by atoms with E-state index in [4.69, 9.17) is 5.14 Å². The topological polar surface area (TPSA) is 72.2 Å². The van der Waals surface area contributed by atoms with Gasteiger partial charge < -0.3 is 5.32 Å². The van der Waals surface area contributed by atoms with Crippen molar-refractivity contribution in [2.24, 2.45) is 5.14 Å². The largest absolute Gasteiger partial charge is 0.384 e. The molecule has 0 amide bonds. The molecule has 76 valence electrons. The zero-order valence-corrected chi connectivity index (χ0v) is 8.69. The molecule has 1 aromatic rings. The Morgan fingerprint density at radius 2 is 2.14 bits per heavy atom. The molecule has 3 N–H and O–H groups in total. The minimum Gasteiger partial charge on any atom is -0.384 e. The quantitative estimate of drug-likeness (QED) is 0.716. The minimum absolute atomic E-state index is 0.214. The maximum atomic E-state index is 11.2. The highest BCUT2D eigenvalue weighted by molar-refractivity contribution is 7.89. The third kappa shape index (κ3) is 1.49. The molecule has 0 aromatic heterocycles. The van der Waals surface area contributed by atoms with Gasteiger partial charge in [-0.3, -0.25) is 0 Å². The highest BCUT2D eigenvalue weighted by atomic mass is 32.2. The molecule has 1 aliphatic rings. The maximum Gasteiger partial charge on any atom is 0.238 e. The molecule has 2 rings (SSSR count). The molecule has 5 heteroatoms. The van der Waals surface area contributed by atoms with Crippen LogP contribution in [-0.2, 0) is 16.4 Å². The molecule has 0 unspecified atom stereocenters. The number of hydrogen-bond donors (Lipinski definition) is 2. The van der Waals surface area contributed by atoms with Crippen LogP contribution in [-0.4, -0.2) is 15.0 Å². The van der Waals surface area contributed by atoms with Gasteiger partial charge in [0, 0.05) is 12.2 Å². The van der Waals surface area contributed by atoms with Crippen molar-refractivity contribution in [2.45, 2.75) is 18.2 Å². The van der Waals surface area contributed by atoms with Crippen molar-refractivity contribution in [3.05, 3.63) is 23.3 Å². The summed E-state index contributed by atoms with van der Waals surface area (Å²) >= 11 is 0. The fraction of sp³-hybridized carbons (Fsp3) is 0.333. The summed E-state index contributed by atoms with van der Waals surface area (Å²) in [6.45, 7) is 2.63. The normalized spacial score (nSPS) is 15.0. The minimum atomic E-state index is -3.60. The Labute approximate surface area is 83.2 Å². The SMILES string of the molecule is Cc1cc2c(cc1S(N)(=O)=O)NCC2. The van der Waals surface area contributed by atoms with Crippen LogP contribution in [0, 0.1) is 6.92 Å². The second-order valence-electron chi connectivity index (χ2n) is 3.50. The summed E-state index contributed by atoms with van der Waals surface area (Å²) in [5.74, 6) is 0. The Morgan fingerprint density at radius 1 is 1.43 bits per heavy atom. The Bertz CT molecular complexity index is 480. The van der Waals surface area contributed by atoms with E-state index in [1.54, 1.807) is 13.0 Å². The van der Waals surface area contributed by atoms with Crippen molar-refractivity contribution in [1.29, 1.82) is 0 Å². The van der Waals surface area contributed by atoms with E-state index >= 15 is 0 Å². The van der Waals surface area contributed by atoms with Gasteiger partial charge in [0.25, 0.3) is 0 Å². The van der Waals surface area contributed by atoms with E-state index in [0.29, 0.717) is 0 Å². The van der Waals surface area contributed by atoms with Gasteiger partial charge in [-0.05, 0) is 30.5 Å². The number of aryl methyl sites for hydroxylation is 1. The molecule has 0 saturated carbocycles. The van der Waals surface area contributed by atoms with Crippen molar-refractivity contribution < 1.29 is 8.42 Å². The first-order valence-electron chi connectivity index (χ1n) is 4.38. The Morgan fingerprint density at radius 3 is 2.79 bits per heavy atom. The van der Waals surface area contributed by atoms with Crippen LogP contribution in [0.15, 0.2) is 17.0 Å². The molecular weight excluding hydrogens is 200 g/mol. The molecule has 0 atom stereocenters. The lowest BCUT2D eigenvalue weighted by Crippen LogP contribution is -2.13. The molecule has 14 heavy (non-hydrogen) atoms. The van der Waals surface area contributed by atoms with Crippen molar-refractivity contribution in [2.75, 3.05) is 11.9 Å². The standard InChI is InChI=1S/C9H12N2O2S/c1-6-4-7-2-3-11-8(7)5-9(6)14(10,12)13/h4-5,11H,2-3H2,1H3,(H2,10,12,13). The van der Waals surface area contributed by atoms with E-state index in [-0.39, 0.29) is 4.90 Å². The lowest BCUT2D eigenvalue weighted by molar-refractivity contribution is 0.597. The van der Waals surface area contributed by atoms with E-state index in [2.05, 4.69) is 5.32 Å². The van der Waals surface area contributed by atoms with Gasteiger partial charge in [0.15, 0.2) is 0 Å². The summed E-state index contributed by atoms with van der Waals surface area (Å²) in [6, 6.07) is 3.50. The molecule has 0 aliphatic carbocycles. The number of rotatable bonds is 1. The molecule has 1 aromatic carbocycles. The zero-order valence-electron chi connectivity index (χ0n) is 7.87. The predicted molar refractivity (Wildman–Crippen MR) is 54.7 cm³/mol. The fourth-order valence-corrected chi connectivity index (χ4v) is 2.55. The summed E-state index contributed by atoms with van der Waals surface area (Å²) in [5.41, 5.74) is 2.77. The van der Waals surface area contributed by atoms with Crippen LogP contribution in [0.25, 0.3) is 0 Å². The molecule has 4 nitrogen and oxygen atoms in total. The monoisotopic (exact) mass is 212 g/mol. The molecule has 1 aliphatic heterocycles. The lowest BCUT2D eigenvalue weighted by Gasteiger charge is -2.06. The number of nitrogens with one attached hydrogen (secondary N) is 1. The van der Waals surface area contributed by atoms with Crippen LogP contribution < -0.4 is 10.5 Å². The lowest BCUT2D eigenvalue weighted by atomic mass is 10.1. The number of nitrogens with two attached hydrogens (primary N) is 1. The number of benzene rings is 1. The average molecular weight is 212 g/mol. The number of fused-ring (bicyclic) bond motifs is 1. The van der Waals surface area contributed by atoms with Crippen LogP contribution in [0.5, 0.6) is 0 Å². The number of anilines is 1. The van der Waals surface area contributed by atoms with E-state index in [1.807, 2.05) is 6.07 Å².